The number of carbonyl (C=O) groups is 1. The zero-order valence-corrected chi connectivity index (χ0v) is 18.2. The van der Waals surface area contributed by atoms with Gasteiger partial charge in [-0.1, -0.05) is 0 Å². The second-order valence-corrected chi connectivity index (χ2v) is 7.75. The van der Waals surface area contributed by atoms with Gasteiger partial charge in [-0.05, 0) is 60.7 Å². The lowest BCUT2D eigenvalue weighted by Crippen LogP contribution is -2.40. The first-order valence-corrected chi connectivity index (χ1v) is 10.6. The number of carbonyl (C=O) groups excluding carboxylic acids is 1. The minimum absolute atomic E-state index is 0.0413. The molecule has 0 saturated carbocycles. The van der Waals surface area contributed by atoms with Crippen LogP contribution in [0.2, 0.25) is 0 Å². The van der Waals surface area contributed by atoms with E-state index >= 15 is 0 Å². The van der Waals surface area contributed by atoms with E-state index in [-0.39, 0.29) is 24.2 Å². The van der Waals surface area contributed by atoms with Gasteiger partial charge in [0.2, 0.25) is 0 Å². The molecule has 3 aromatic rings. The number of aromatic amines is 1. The maximum absolute atomic E-state index is 13.1. The van der Waals surface area contributed by atoms with Gasteiger partial charge in [-0.25, -0.2) is 4.79 Å². The first-order chi connectivity index (χ1) is 15.6. The van der Waals surface area contributed by atoms with Gasteiger partial charge in [0, 0.05) is 30.5 Å². The van der Waals surface area contributed by atoms with Crippen LogP contribution in [0.15, 0.2) is 53.3 Å². The number of amides is 2. The molecule has 0 unspecified atom stereocenters. The second-order valence-electron chi connectivity index (χ2n) is 7.75. The summed E-state index contributed by atoms with van der Waals surface area (Å²) in [7, 11) is 3.17. The summed E-state index contributed by atoms with van der Waals surface area (Å²) in [6, 6.07) is 14.1. The number of nitrogens with zero attached hydrogens (tertiary/aromatic N) is 1. The normalized spacial score (nSPS) is 15.5. The van der Waals surface area contributed by atoms with Gasteiger partial charge in [-0.2, -0.15) is 0 Å². The van der Waals surface area contributed by atoms with Crippen LogP contribution in [0.3, 0.4) is 0 Å². The van der Waals surface area contributed by atoms with Crippen LogP contribution in [-0.2, 0) is 11.3 Å². The van der Waals surface area contributed by atoms with Crippen molar-refractivity contribution in [1.82, 2.24) is 9.88 Å². The molecule has 0 spiro atoms. The summed E-state index contributed by atoms with van der Waals surface area (Å²) >= 11 is 0. The molecule has 2 aromatic carbocycles. The number of urea groups is 1. The Morgan fingerprint density at radius 3 is 2.56 bits per heavy atom. The van der Waals surface area contributed by atoms with Gasteiger partial charge in [0.15, 0.2) is 0 Å². The van der Waals surface area contributed by atoms with Crippen LogP contribution >= 0.6 is 0 Å². The van der Waals surface area contributed by atoms with Gasteiger partial charge in [-0.15, -0.1) is 0 Å². The average Bonchev–Trinajstić information content (AvgIpc) is 3.32. The number of fused-ring (bicyclic) bond motifs is 1. The third-order valence-electron chi connectivity index (χ3n) is 5.57. The highest BCUT2D eigenvalue weighted by molar-refractivity contribution is 5.89. The minimum atomic E-state index is -0.292. The number of anilines is 1. The molecule has 1 fully saturated rings. The van der Waals surface area contributed by atoms with Crippen LogP contribution in [0, 0.1) is 0 Å². The molecule has 2 heterocycles. The van der Waals surface area contributed by atoms with Crippen molar-refractivity contribution in [2.24, 2.45) is 0 Å². The number of methoxy groups -OCH3 is 2. The number of H-pyrrole nitrogens is 1. The average molecular weight is 437 g/mol. The van der Waals surface area contributed by atoms with Gasteiger partial charge >= 0.3 is 6.03 Å². The summed E-state index contributed by atoms with van der Waals surface area (Å²) in [5.74, 6) is 1.37. The highest BCUT2D eigenvalue weighted by atomic mass is 16.5. The summed E-state index contributed by atoms with van der Waals surface area (Å²) in [6.45, 7) is 1.26. The largest absolute Gasteiger partial charge is 0.497 e. The predicted molar refractivity (Wildman–Crippen MR) is 123 cm³/mol. The van der Waals surface area contributed by atoms with Gasteiger partial charge in [0.25, 0.3) is 5.56 Å². The summed E-state index contributed by atoms with van der Waals surface area (Å²) < 4.78 is 16.1. The van der Waals surface area contributed by atoms with E-state index in [0.29, 0.717) is 41.4 Å². The molecule has 2 N–H and O–H groups in total. The summed E-state index contributed by atoms with van der Waals surface area (Å²) in [4.78, 5) is 30.4. The Labute approximate surface area is 186 Å². The smallest absolute Gasteiger partial charge is 0.322 e. The predicted octanol–water partition coefficient (Wildman–Crippen LogP) is 3.76. The van der Waals surface area contributed by atoms with Crippen molar-refractivity contribution in [2.75, 3.05) is 32.7 Å². The summed E-state index contributed by atoms with van der Waals surface area (Å²) in [5.41, 5.74) is 1.60. The number of rotatable bonds is 7. The van der Waals surface area contributed by atoms with E-state index < -0.39 is 0 Å². The molecule has 1 aliphatic rings. The van der Waals surface area contributed by atoms with Crippen LogP contribution < -0.4 is 20.3 Å². The van der Waals surface area contributed by atoms with Crippen molar-refractivity contribution in [1.29, 1.82) is 0 Å². The van der Waals surface area contributed by atoms with E-state index in [0.717, 1.165) is 18.2 Å². The topological polar surface area (TPSA) is 92.9 Å². The van der Waals surface area contributed by atoms with E-state index in [1.54, 1.807) is 49.5 Å². The SMILES string of the molecule is COc1ccc(NC(=O)N(Cc2cc3ccc(OC)cc3[nH]c2=O)C[C@H]2CCCO2)cc1. The van der Waals surface area contributed by atoms with E-state index in [9.17, 15) is 9.59 Å². The van der Waals surface area contributed by atoms with Gasteiger partial charge in [0.1, 0.15) is 11.5 Å². The van der Waals surface area contributed by atoms with E-state index in [2.05, 4.69) is 10.3 Å². The lowest BCUT2D eigenvalue weighted by atomic mass is 10.1. The number of benzene rings is 2. The number of ether oxygens (including phenoxy) is 3. The second kappa shape index (κ2) is 9.74. The highest BCUT2D eigenvalue weighted by Crippen LogP contribution is 2.21. The molecule has 8 nitrogen and oxygen atoms in total. The number of hydrogen-bond donors (Lipinski definition) is 2. The fourth-order valence-corrected chi connectivity index (χ4v) is 3.81. The van der Waals surface area contributed by atoms with Gasteiger partial charge in [-0.3, -0.25) is 4.79 Å². The Bertz CT molecular complexity index is 1140. The van der Waals surface area contributed by atoms with Crippen LogP contribution in [-0.4, -0.2) is 49.4 Å². The van der Waals surface area contributed by atoms with Gasteiger partial charge < -0.3 is 29.4 Å². The number of aromatic nitrogens is 1. The van der Waals surface area contributed by atoms with Crippen LogP contribution in [0.1, 0.15) is 18.4 Å². The first-order valence-electron chi connectivity index (χ1n) is 10.6. The molecule has 0 aliphatic carbocycles. The van der Waals surface area contributed by atoms with Crippen molar-refractivity contribution in [3.63, 3.8) is 0 Å². The van der Waals surface area contributed by atoms with E-state index in [1.165, 1.54) is 0 Å². The maximum atomic E-state index is 13.1. The molecule has 1 saturated heterocycles. The molecule has 0 bridgehead atoms. The zero-order chi connectivity index (χ0) is 22.5. The fraction of sp³-hybridized carbons (Fsp3) is 0.333. The molecule has 32 heavy (non-hydrogen) atoms. The van der Waals surface area contributed by atoms with Crippen molar-refractivity contribution in [3.8, 4) is 11.5 Å². The Morgan fingerprint density at radius 2 is 1.88 bits per heavy atom. The molecule has 4 rings (SSSR count). The Kier molecular flexibility index (Phi) is 6.61. The highest BCUT2D eigenvalue weighted by Gasteiger charge is 2.24. The standard InChI is InChI=1S/C24H27N3O5/c1-30-19-9-6-18(7-10-19)25-24(29)27(15-21-4-3-11-32-21)14-17-12-16-5-8-20(31-2)13-22(16)26-23(17)28/h5-10,12-13,21H,3-4,11,14-15H2,1-2H3,(H,25,29)(H,26,28)/t21-/m1/s1. The van der Waals surface area contributed by atoms with Crippen LogP contribution in [0.5, 0.6) is 11.5 Å². The van der Waals surface area contributed by atoms with Crippen LogP contribution in [0.25, 0.3) is 10.9 Å². The molecule has 8 heteroatoms. The molecule has 1 aliphatic heterocycles. The molecular formula is C24H27N3O5. The zero-order valence-electron chi connectivity index (χ0n) is 18.2. The lowest BCUT2D eigenvalue weighted by Gasteiger charge is -2.26. The number of hydrogen-bond acceptors (Lipinski definition) is 5. The fourth-order valence-electron chi connectivity index (χ4n) is 3.81. The third kappa shape index (κ3) is 5.03. The van der Waals surface area contributed by atoms with Crippen molar-refractivity contribution in [3.05, 3.63) is 64.4 Å². The molecule has 168 valence electrons. The Hall–Kier alpha value is -3.52. The minimum Gasteiger partial charge on any atom is -0.497 e. The number of pyridine rings is 1. The van der Waals surface area contributed by atoms with Crippen molar-refractivity contribution in [2.45, 2.75) is 25.5 Å². The molecular weight excluding hydrogens is 410 g/mol. The molecule has 1 atom stereocenters. The number of nitrogens with one attached hydrogen (secondary N) is 2. The van der Waals surface area contributed by atoms with Gasteiger partial charge in [0.05, 0.1) is 32.4 Å². The quantitative estimate of drug-likeness (QED) is 0.587. The molecule has 0 radical (unpaired) electrons. The van der Waals surface area contributed by atoms with Crippen molar-refractivity contribution >= 4 is 22.6 Å². The lowest BCUT2D eigenvalue weighted by molar-refractivity contribution is 0.0818. The Morgan fingerprint density at radius 1 is 1.12 bits per heavy atom. The summed E-state index contributed by atoms with van der Waals surface area (Å²) in [5, 5.41) is 3.77. The van der Waals surface area contributed by atoms with Crippen LogP contribution in [0.4, 0.5) is 10.5 Å². The summed E-state index contributed by atoms with van der Waals surface area (Å²) in [6.07, 6.45) is 1.82. The van der Waals surface area contributed by atoms with Crippen molar-refractivity contribution < 1.29 is 19.0 Å². The van der Waals surface area contributed by atoms with E-state index in [1.807, 2.05) is 18.2 Å². The monoisotopic (exact) mass is 437 g/mol. The first kappa shape index (κ1) is 21.7. The molecule has 2 amide bonds. The maximum Gasteiger partial charge on any atom is 0.322 e. The molecule has 1 aromatic heterocycles. The Balaban J connectivity index is 1.57. The third-order valence-corrected chi connectivity index (χ3v) is 5.57. The van der Waals surface area contributed by atoms with E-state index in [4.69, 9.17) is 14.2 Å².